The van der Waals surface area contributed by atoms with E-state index in [1.54, 1.807) is 0 Å². The molecular formula is C27H44O7. The number of aliphatic carboxylic acids is 1. The van der Waals surface area contributed by atoms with Crippen LogP contribution in [0.3, 0.4) is 0 Å². The van der Waals surface area contributed by atoms with Crippen molar-refractivity contribution in [3.63, 3.8) is 0 Å². The zero-order chi connectivity index (χ0) is 25.6. The van der Waals surface area contributed by atoms with Gasteiger partial charge >= 0.3 is 11.9 Å². The highest BCUT2D eigenvalue weighted by atomic mass is 16.5. The first-order valence-electron chi connectivity index (χ1n) is 12.7. The summed E-state index contributed by atoms with van der Waals surface area (Å²) in [4.78, 5) is 23.8. The maximum Gasteiger partial charge on any atom is 0.308 e. The Morgan fingerprint density at radius 3 is 2.53 bits per heavy atom. The molecule has 7 heteroatoms. The summed E-state index contributed by atoms with van der Waals surface area (Å²) in [5, 5.41) is 30.4. The normalized spacial score (nSPS) is 29.5. The Kier molecular flexibility index (Phi) is 10.3. The SMILES string of the molecule is CC[C@H](C)C(=O)O[C@H]1C[C@H](O)C=C2C=C[C@H](C)[C@H](CC[C@@H](O)C[C@H](CC(=O)O)OC(C)(C)C)[C@H]21. The summed E-state index contributed by atoms with van der Waals surface area (Å²) in [6, 6.07) is 0. The van der Waals surface area contributed by atoms with E-state index >= 15 is 0 Å². The average molecular weight is 481 g/mol. The van der Waals surface area contributed by atoms with Crippen LogP contribution >= 0.6 is 0 Å². The predicted molar refractivity (Wildman–Crippen MR) is 130 cm³/mol. The number of hydrogen-bond acceptors (Lipinski definition) is 6. The Bertz CT molecular complexity index is 751. The van der Waals surface area contributed by atoms with E-state index in [4.69, 9.17) is 9.47 Å². The standard InChI is InChI=1S/C27H44O7/c1-7-16(2)26(32)33-23-14-20(29)12-18-9-8-17(3)22(25(18)23)11-10-19(28)13-21(15-24(30)31)34-27(4,5)6/h8-9,12,16-17,19-23,25,28-29H,7,10-11,13-15H2,1-6H3,(H,30,31)/t16-,17-,19+,20+,21+,22-,23-,25-/m0/s1. The Morgan fingerprint density at radius 1 is 1.26 bits per heavy atom. The van der Waals surface area contributed by atoms with Crippen molar-refractivity contribution in [2.24, 2.45) is 23.7 Å². The van der Waals surface area contributed by atoms with Gasteiger partial charge in [-0.1, -0.05) is 39.0 Å². The van der Waals surface area contributed by atoms with E-state index in [1.165, 1.54) is 0 Å². The quantitative estimate of drug-likeness (QED) is 0.379. The van der Waals surface area contributed by atoms with Gasteiger partial charge in [-0.25, -0.2) is 0 Å². The molecule has 0 aromatic heterocycles. The number of aliphatic hydroxyl groups is 2. The molecule has 2 aliphatic carbocycles. The van der Waals surface area contributed by atoms with E-state index in [-0.39, 0.29) is 42.5 Å². The summed E-state index contributed by atoms with van der Waals surface area (Å²) < 4.78 is 11.8. The minimum absolute atomic E-state index is 0.0377. The third-order valence-corrected chi connectivity index (χ3v) is 6.95. The molecule has 0 aliphatic heterocycles. The van der Waals surface area contributed by atoms with Gasteiger partial charge in [-0.15, -0.1) is 0 Å². The minimum Gasteiger partial charge on any atom is -0.481 e. The van der Waals surface area contributed by atoms with E-state index < -0.39 is 36.0 Å². The summed E-state index contributed by atoms with van der Waals surface area (Å²) in [6.45, 7) is 11.5. The summed E-state index contributed by atoms with van der Waals surface area (Å²) in [5.74, 6) is -1.07. The number of carboxylic acid groups (broad SMARTS) is 1. The Balaban J connectivity index is 2.11. The fraction of sp³-hybridized carbons (Fsp3) is 0.778. The van der Waals surface area contributed by atoms with Gasteiger partial charge in [0.25, 0.3) is 0 Å². The highest BCUT2D eigenvalue weighted by molar-refractivity contribution is 5.72. The lowest BCUT2D eigenvalue weighted by Crippen LogP contribution is -2.43. The lowest BCUT2D eigenvalue weighted by Gasteiger charge is -2.43. The summed E-state index contributed by atoms with van der Waals surface area (Å²) >= 11 is 0. The van der Waals surface area contributed by atoms with Crippen LogP contribution in [0.5, 0.6) is 0 Å². The summed E-state index contributed by atoms with van der Waals surface area (Å²) in [7, 11) is 0. The molecule has 0 unspecified atom stereocenters. The molecule has 0 bridgehead atoms. The fourth-order valence-corrected chi connectivity index (χ4v) is 5.09. The van der Waals surface area contributed by atoms with Crippen molar-refractivity contribution >= 4 is 11.9 Å². The molecule has 0 aromatic rings. The van der Waals surface area contributed by atoms with E-state index in [9.17, 15) is 24.9 Å². The molecule has 0 aromatic carbocycles. The van der Waals surface area contributed by atoms with Crippen molar-refractivity contribution in [2.75, 3.05) is 0 Å². The molecule has 2 rings (SSSR count). The number of allylic oxidation sites excluding steroid dienone is 2. The van der Waals surface area contributed by atoms with E-state index in [2.05, 4.69) is 13.0 Å². The summed E-state index contributed by atoms with van der Waals surface area (Å²) in [5.41, 5.74) is 0.482. The minimum atomic E-state index is -0.950. The van der Waals surface area contributed by atoms with Gasteiger partial charge in [-0.05, 0) is 57.4 Å². The molecule has 34 heavy (non-hydrogen) atoms. The second kappa shape index (κ2) is 12.3. The van der Waals surface area contributed by atoms with Gasteiger partial charge in [-0.2, -0.15) is 0 Å². The van der Waals surface area contributed by atoms with Crippen LogP contribution in [0.4, 0.5) is 0 Å². The zero-order valence-electron chi connectivity index (χ0n) is 21.6. The van der Waals surface area contributed by atoms with Crippen LogP contribution in [-0.4, -0.2) is 57.3 Å². The highest BCUT2D eigenvalue weighted by Crippen LogP contribution is 2.44. The van der Waals surface area contributed by atoms with Crippen LogP contribution in [0, 0.1) is 23.7 Å². The van der Waals surface area contributed by atoms with Crippen molar-refractivity contribution in [3.8, 4) is 0 Å². The first-order valence-corrected chi connectivity index (χ1v) is 12.7. The van der Waals surface area contributed by atoms with Gasteiger partial charge in [0.15, 0.2) is 0 Å². The molecule has 194 valence electrons. The topological polar surface area (TPSA) is 113 Å². The number of carbonyl (C=O) groups excluding carboxylic acids is 1. The van der Waals surface area contributed by atoms with Crippen molar-refractivity contribution in [2.45, 2.75) is 110 Å². The number of esters is 1. The van der Waals surface area contributed by atoms with Crippen LogP contribution in [-0.2, 0) is 19.1 Å². The van der Waals surface area contributed by atoms with Crippen molar-refractivity contribution in [1.29, 1.82) is 0 Å². The highest BCUT2D eigenvalue weighted by Gasteiger charge is 2.42. The third-order valence-electron chi connectivity index (χ3n) is 6.95. The lowest BCUT2D eigenvalue weighted by molar-refractivity contribution is -0.159. The molecule has 2 aliphatic rings. The number of carboxylic acids is 1. The average Bonchev–Trinajstić information content (AvgIpc) is 2.70. The fourth-order valence-electron chi connectivity index (χ4n) is 5.09. The Labute approximate surface area is 204 Å². The lowest BCUT2D eigenvalue weighted by atomic mass is 9.66. The van der Waals surface area contributed by atoms with Gasteiger partial charge in [0.2, 0.25) is 0 Å². The monoisotopic (exact) mass is 480 g/mol. The Hall–Kier alpha value is -1.70. The maximum absolute atomic E-state index is 12.6. The molecule has 0 spiro atoms. The maximum atomic E-state index is 12.6. The smallest absolute Gasteiger partial charge is 0.308 e. The number of carbonyl (C=O) groups is 2. The molecule has 0 radical (unpaired) electrons. The largest absolute Gasteiger partial charge is 0.481 e. The number of fused-ring (bicyclic) bond motifs is 1. The van der Waals surface area contributed by atoms with Crippen LogP contribution in [0.2, 0.25) is 0 Å². The molecule has 0 heterocycles. The third kappa shape index (κ3) is 8.51. The van der Waals surface area contributed by atoms with Crippen LogP contribution in [0.25, 0.3) is 0 Å². The molecule has 0 saturated heterocycles. The molecule has 0 fully saturated rings. The number of aliphatic hydroxyl groups excluding tert-OH is 2. The van der Waals surface area contributed by atoms with Gasteiger partial charge in [0.1, 0.15) is 6.10 Å². The number of ether oxygens (including phenoxy) is 2. The van der Waals surface area contributed by atoms with Gasteiger partial charge in [0, 0.05) is 18.8 Å². The van der Waals surface area contributed by atoms with E-state index in [0.29, 0.717) is 25.7 Å². The molecule has 8 atom stereocenters. The van der Waals surface area contributed by atoms with Crippen molar-refractivity contribution < 1.29 is 34.4 Å². The van der Waals surface area contributed by atoms with Gasteiger partial charge in [0.05, 0.1) is 36.3 Å². The first kappa shape index (κ1) is 28.5. The molecule has 3 N–H and O–H groups in total. The molecule has 0 amide bonds. The van der Waals surface area contributed by atoms with Crippen molar-refractivity contribution in [3.05, 3.63) is 23.8 Å². The van der Waals surface area contributed by atoms with Crippen LogP contribution in [0.15, 0.2) is 23.8 Å². The number of hydrogen-bond donors (Lipinski definition) is 3. The molecule has 0 saturated carbocycles. The Morgan fingerprint density at radius 2 is 1.94 bits per heavy atom. The second-order valence-electron chi connectivity index (χ2n) is 11.1. The molecular weight excluding hydrogens is 436 g/mol. The van der Waals surface area contributed by atoms with Crippen LogP contribution < -0.4 is 0 Å². The summed E-state index contributed by atoms with van der Waals surface area (Å²) in [6.07, 6.45) is 6.00. The zero-order valence-corrected chi connectivity index (χ0v) is 21.6. The van der Waals surface area contributed by atoms with E-state index in [1.807, 2.05) is 46.8 Å². The number of rotatable bonds is 11. The van der Waals surface area contributed by atoms with Crippen molar-refractivity contribution in [1.82, 2.24) is 0 Å². The van der Waals surface area contributed by atoms with Crippen LogP contribution in [0.1, 0.15) is 80.1 Å². The van der Waals surface area contributed by atoms with E-state index in [0.717, 1.165) is 5.57 Å². The van der Waals surface area contributed by atoms with Gasteiger partial charge in [-0.3, -0.25) is 9.59 Å². The predicted octanol–water partition coefficient (Wildman–Crippen LogP) is 4.26. The van der Waals surface area contributed by atoms with Gasteiger partial charge < -0.3 is 24.8 Å². The second-order valence-corrected chi connectivity index (χ2v) is 11.1. The first-order chi connectivity index (χ1) is 15.8. The molecule has 7 nitrogen and oxygen atoms in total.